The highest BCUT2D eigenvalue weighted by molar-refractivity contribution is 6.33. The summed E-state index contributed by atoms with van der Waals surface area (Å²) >= 11 is 6.00. The van der Waals surface area contributed by atoms with Crippen LogP contribution in [0.4, 0.5) is 5.82 Å². The molecule has 112 valence electrons. The molecule has 1 unspecified atom stereocenters. The van der Waals surface area contributed by atoms with Crippen molar-refractivity contribution in [1.82, 2.24) is 15.2 Å². The van der Waals surface area contributed by atoms with E-state index in [9.17, 15) is 4.79 Å². The minimum atomic E-state index is -0.175. The van der Waals surface area contributed by atoms with Crippen LogP contribution in [-0.4, -0.2) is 49.0 Å². The standard InChI is InChI=1S/C14H23ClN4O/c1-5-10(2)19(4)7-6-17-14(20)11-8-13(16-3)18-9-12(11)15/h8-10H,5-7H2,1-4H3,(H,16,18)(H,17,20). The topological polar surface area (TPSA) is 57.3 Å². The molecule has 0 spiro atoms. The number of carbonyl (C=O) groups is 1. The molecule has 1 rings (SSSR count). The van der Waals surface area contributed by atoms with Crippen molar-refractivity contribution >= 4 is 23.3 Å². The van der Waals surface area contributed by atoms with Gasteiger partial charge in [0.1, 0.15) is 5.82 Å². The fourth-order valence-corrected chi connectivity index (χ4v) is 1.91. The SMILES string of the molecule is CCC(C)N(C)CCNC(=O)c1cc(NC)ncc1Cl. The van der Waals surface area contributed by atoms with Crippen LogP contribution in [0.15, 0.2) is 12.3 Å². The van der Waals surface area contributed by atoms with Crippen LogP contribution in [0.25, 0.3) is 0 Å². The molecule has 5 nitrogen and oxygen atoms in total. The van der Waals surface area contributed by atoms with E-state index < -0.39 is 0 Å². The molecule has 0 saturated carbocycles. The third-order valence-electron chi connectivity index (χ3n) is 3.45. The second-order valence-electron chi connectivity index (χ2n) is 4.79. The van der Waals surface area contributed by atoms with Crippen LogP contribution < -0.4 is 10.6 Å². The van der Waals surface area contributed by atoms with Crippen molar-refractivity contribution in [3.05, 3.63) is 22.8 Å². The maximum absolute atomic E-state index is 12.1. The summed E-state index contributed by atoms with van der Waals surface area (Å²) in [6, 6.07) is 2.16. The van der Waals surface area contributed by atoms with Crippen LogP contribution in [0.5, 0.6) is 0 Å². The predicted molar refractivity (Wildman–Crippen MR) is 83.5 cm³/mol. The Labute approximate surface area is 125 Å². The normalized spacial score (nSPS) is 12.3. The van der Waals surface area contributed by atoms with E-state index in [0.717, 1.165) is 13.0 Å². The smallest absolute Gasteiger partial charge is 0.253 e. The lowest BCUT2D eigenvalue weighted by Gasteiger charge is -2.23. The van der Waals surface area contributed by atoms with Gasteiger partial charge in [0.25, 0.3) is 5.91 Å². The van der Waals surface area contributed by atoms with E-state index >= 15 is 0 Å². The Hall–Kier alpha value is -1.33. The van der Waals surface area contributed by atoms with E-state index in [1.807, 2.05) is 0 Å². The maximum atomic E-state index is 12.1. The Kier molecular flexibility index (Phi) is 6.75. The molecule has 20 heavy (non-hydrogen) atoms. The zero-order valence-electron chi connectivity index (χ0n) is 12.5. The largest absolute Gasteiger partial charge is 0.373 e. The first kappa shape index (κ1) is 16.7. The third-order valence-corrected chi connectivity index (χ3v) is 3.75. The minimum Gasteiger partial charge on any atom is -0.373 e. The minimum absolute atomic E-state index is 0.175. The lowest BCUT2D eigenvalue weighted by molar-refractivity contribution is 0.0947. The molecule has 0 fully saturated rings. The van der Waals surface area contributed by atoms with Gasteiger partial charge in [0.15, 0.2) is 0 Å². The number of anilines is 1. The van der Waals surface area contributed by atoms with Gasteiger partial charge in [0, 0.05) is 32.4 Å². The highest BCUT2D eigenvalue weighted by Crippen LogP contribution is 2.17. The molecule has 0 aliphatic carbocycles. The lowest BCUT2D eigenvalue weighted by Crippen LogP contribution is -2.37. The molecule has 0 radical (unpaired) electrons. The van der Waals surface area contributed by atoms with Crippen molar-refractivity contribution in [3.63, 3.8) is 0 Å². The summed E-state index contributed by atoms with van der Waals surface area (Å²) in [6.07, 6.45) is 2.57. The van der Waals surface area contributed by atoms with Crippen molar-refractivity contribution in [2.75, 3.05) is 32.5 Å². The van der Waals surface area contributed by atoms with E-state index in [2.05, 4.69) is 41.4 Å². The first-order valence-electron chi connectivity index (χ1n) is 6.81. The van der Waals surface area contributed by atoms with Gasteiger partial charge in [-0.05, 0) is 26.5 Å². The molecule has 0 aromatic carbocycles. The molecule has 1 amide bonds. The number of halogens is 1. The molecular weight excluding hydrogens is 276 g/mol. The second-order valence-corrected chi connectivity index (χ2v) is 5.20. The number of pyridine rings is 1. The zero-order valence-corrected chi connectivity index (χ0v) is 13.3. The molecule has 1 heterocycles. The van der Waals surface area contributed by atoms with Gasteiger partial charge in [-0.2, -0.15) is 0 Å². The van der Waals surface area contributed by atoms with Gasteiger partial charge < -0.3 is 15.5 Å². The van der Waals surface area contributed by atoms with Crippen molar-refractivity contribution in [2.45, 2.75) is 26.3 Å². The molecule has 1 atom stereocenters. The van der Waals surface area contributed by atoms with Crippen molar-refractivity contribution in [3.8, 4) is 0 Å². The molecule has 6 heteroatoms. The Bertz CT molecular complexity index is 453. The highest BCUT2D eigenvalue weighted by atomic mass is 35.5. The van der Waals surface area contributed by atoms with Gasteiger partial charge in [0.05, 0.1) is 10.6 Å². The third kappa shape index (κ3) is 4.65. The van der Waals surface area contributed by atoms with Gasteiger partial charge in [-0.15, -0.1) is 0 Å². The molecule has 2 N–H and O–H groups in total. The summed E-state index contributed by atoms with van der Waals surface area (Å²) in [6.45, 7) is 5.71. The van der Waals surface area contributed by atoms with Crippen molar-refractivity contribution < 1.29 is 4.79 Å². The Balaban J connectivity index is 2.55. The fourth-order valence-electron chi connectivity index (χ4n) is 1.72. The van der Waals surface area contributed by atoms with Crippen LogP contribution >= 0.6 is 11.6 Å². The van der Waals surface area contributed by atoms with Crippen LogP contribution in [0, 0.1) is 0 Å². The van der Waals surface area contributed by atoms with E-state index in [-0.39, 0.29) is 5.91 Å². The van der Waals surface area contributed by atoms with Gasteiger partial charge in [0.2, 0.25) is 0 Å². The summed E-state index contributed by atoms with van der Waals surface area (Å²) in [5, 5.41) is 6.13. The van der Waals surface area contributed by atoms with Crippen LogP contribution in [0.3, 0.4) is 0 Å². The van der Waals surface area contributed by atoms with Crippen LogP contribution in [0.2, 0.25) is 5.02 Å². The summed E-state index contributed by atoms with van der Waals surface area (Å²) in [5.41, 5.74) is 0.442. The molecule has 0 saturated heterocycles. The van der Waals surface area contributed by atoms with Crippen molar-refractivity contribution in [2.24, 2.45) is 0 Å². The monoisotopic (exact) mass is 298 g/mol. The predicted octanol–water partition coefficient (Wildman–Crippen LogP) is 2.24. The number of aromatic nitrogens is 1. The maximum Gasteiger partial charge on any atom is 0.253 e. The first-order chi connectivity index (χ1) is 9.49. The quantitative estimate of drug-likeness (QED) is 0.810. The van der Waals surface area contributed by atoms with E-state index in [4.69, 9.17) is 11.6 Å². The second kappa shape index (κ2) is 8.07. The summed E-state index contributed by atoms with van der Waals surface area (Å²) < 4.78 is 0. The average Bonchev–Trinajstić information content (AvgIpc) is 2.46. The average molecular weight is 299 g/mol. The van der Waals surface area contributed by atoms with E-state index in [1.165, 1.54) is 6.20 Å². The lowest BCUT2D eigenvalue weighted by atomic mass is 10.2. The number of rotatable bonds is 7. The summed E-state index contributed by atoms with van der Waals surface area (Å²) in [4.78, 5) is 18.4. The number of amides is 1. The Morgan fingerprint density at radius 2 is 2.25 bits per heavy atom. The molecule has 0 aliphatic rings. The zero-order chi connectivity index (χ0) is 15.1. The number of likely N-dealkylation sites (N-methyl/N-ethyl adjacent to an activating group) is 1. The van der Waals surface area contributed by atoms with E-state index in [0.29, 0.717) is 29.0 Å². The number of carbonyl (C=O) groups excluding carboxylic acids is 1. The van der Waals surface area contributed by atoms with Gasteiger partial charge in [-0.25, -0.2) is 4.98 Å². The van der Waals surface area contributed by atoms with E-state index in [1.54, 1.807) is 13.1 Å². The molecule has 1 aromatic rings. The van der Waals surface area contributed by atoms with Crippen LogP contribution in [0.1, 0.15) is 30.6 Å². The van der Waals surface area contributed by atoms with Gasteiger partial charge >= 0.3 is 0 Å². The summed E-state index contributed by atoms with van der Waals surface area (Å²) in [7, 11) is 3.80. The number of hydrogen-bond donors (Lipinski definition) is 2. The number of hydrogen-bond acceptors (Lipinski definition) is 4. The molecule has 1 aromatic heterocycles. The van der Waals surface area contributed by atoms with Gasteiger partial charge in [-0.1, -0.05) is 18.5 Å². The van der Waals surface area contributed by atoms with Crippen molar-refractivity contribution in [1.29, 1.82) is 0 Å². The highest BCUT2D eigenvalue weighted by Gasteiger charge is 2.12. The summed E-state index contributed by atoms with van der Waals surface area (Å²) in [5.74, 6) is 0.447. The Morgan fingerprint density at radius 1 is 1.55 bits per heavy atom. The van der Waals surface area contributed by atoms with Crippen LogP contribution in [-0.2, 0) is 0 Å². The molecule has 0 bridgehead atoms. The van der Waals surface area contributed by atoms with Gasteiger partial charge in [-0.3, -0.25) is 4.79 Å². The number of nitrogens with zero attached hydrogens (tertiary/aromatic N) is 2. The Morgan fingerprint density at radius 3 is 2.85 bits per heavy atom. The first-order valence-corrected chi connectivity index (χ1v) is 7.19. The molecular formula is C14H23ClN4O. The fraction of sp³-hybridized carbons (Fsp3) is 0.571. The molecule has 0 aliphatic heterocycles. The number of nitrogens with one attached hydrogen (secondary N) is 2.